The molecule has 3 heterocycles. The first-order chi connectivity index (χ1) is 17.6. The number of thiazole rings is 1. The Kier molecular flexibility index (Phi) is 7.98. The van der Waals surface area contributed by atoms with Crippen molar-refractivity contribution in [1.29, 1.82) is 0 Å². The van der Waals surface area contributed by atoms with Crippen LogP contribution in [0.1, 0.15) is 29.1 Å². The molecule has 1 aliphatic carbocycles. The van der Waals surface area contributed by atoms with Crippen molar-refractivity contribution in [2.24, 2.45) is 13.0 Å². The summed E-state index contributed by atoms with van der Waals surface area (Å²) in [6.45, 7) is 0. The van der Waals surface area contributed by atoms with Crippen LogP contribution in [-0.4, -0.2) is 64.7 Å². The molecule has 194 valence electrons. The fraction of sp³-hybridized carbons (Fsp3) is 0.375. The summed E-state index contributed by atoms with van der Waals surface area (Å²) in [4.78, 5) is 60.8. The van der Waals surface area contributed by atoms with Crippen molar-refractivity contribution in [3.63, 3.8) is 0 Å². The van der Waals surface area contributed by atoms with E-state index in [0.29, 0.717) is 29.8 Å². The van der Waals surface area contributed by atoms with Gasteiger partial charge < -0.3 is 20.9 Å². The van der Waals surface area contributed by atoms with E-state index in [-0.39, 0.29) is 22.7 Å². The number of aromatic nitrogens is 3. The molecule has 0 radical (unpaired) electrons. The van der Waals surface area contributed by atoms with Crippen LogP contribution in [0.4, 0.5) is 5.82 Å². The molecule has 1 aliphatic rings. The normalized spacial score (nSPS) is 19.2. The third kappa shape index (κ3) is 6.38. The van der Waals surface area contributed by atoms with Crippen molar-refractivity contribution in [3.05, 3.63) is 46.8 Å². The predicted octanol–water partition coefficient (Wildman–Crippen LogP) is 1.28. The molecule has 0 unspecified atom stereocenters. The molecule has 0 bridgehead atoms. The number of hydrogen-bond acceptors (Lipinski definition) is 7. The molecule has 37 heavy (non-hydrogen) atoms. The Morgan fingerprint density at radius 2 is 1.86 bits per heavy atom. The molecule has 4 rings (SSSR count). The number of amides is 4. The third-order valence-corrected chi connectivity index (χ3v) is 7.34. The number of hydrogen-bond donors (Lipinski definition) is 3. The molecule has 3 N–H and O–H groups in total. The van der Waals surface area contributed by atoms with Crippen molar-refractivity contribution >= 4 is 62.6 Å². The molecule has 3 aromatic rings. The van der Waals surface area contributed by atoms with Gasteiger partial charge in [0, 0.05) is 38.3 Å². The highest BCUT2D eigenvalue weighted by Crippen LogP contribution is 2.27. The van der Waals surface area contributed by atoms with Crippen LogP contribution in [0.3, 0.4) is 0 Å². The summed E-state index contributed by atoms with van der Waals surface area (Å²) in [5.41, 5.74) is 0.704. The number of halogens is 1. The topological polar surface area (TPSA) is 137 Å². The smallest absolute Gasteiger partial charge is 0.314 e. The van der Waals surface area contributed by atoms with E-state index in [1.165, 1.54) is 28.5 Å². The summed E-state index contributed by atoms with van der Waals surface area (Å²) in [6, 6.07) is 3.71. The summed E-state index contributed by atoms with van der Waals surface area (Å²) >= 11 is 7.06. The molecule has 4 amide bonds. The van der Waals surface area contributed by atoms with E-state index in [1.54, 1.807) is 20.2 Å². The lowest BCUT2D eigenvalue weighted by molar-refractivity contribution is -0.670. The molecule has 13 heteroatoms. The number of nitrogens with one attached hydrogen (secondary N) is 3. The lowest BCUT2D eigenvalue weighted by Crippen LogP contribution is -2.57. The Labute approximate surface area is 222 Å². The average molecular weight is 545 g/mol. The van der Waals surface area contributed by atoms with Gasteiger partial charge in [-0.05, 0) is 31.4 Å². The fourth-order valence-electron chi connectivity index (χ4n) is 4.25. The van der Waals surface area contributed by atoms with Gasteiger partial charge in [-0.25, -0.2) is 14.5 Å². The van der Waals surface area contributed by atoms with Gasteiger partial charge in [-0.15, -0.1) is 11.3 Å². The Hall–Kier alpha value is -3.64. The van der Waals surface area contributed by atoms with Gasteiger partial charge >= 0.3 is 11.8 Å². The molecule has 0 spiro atoms. The first-order valence-electron chi connectivity index (χ1n) is 11.6. The van der Waals surface area contributed by atoms with E-state index >= 15 is 0 Å². The SMILES string of the molecule is CN(C)C(=O)[C@H]1CC[C@H](NC(=O)C(=O)Nc2ccc(Cl)cn2)[C@H](NC(=O)c2nc3cc[n+](C)cc3s2)C1. The number of anilines is 1. The lowest BCUT2D eigenvalue weighted by Gasteiger charge is -2.37. The van der Waals surface area contributed by atoms with Crippen molar-refractivity contribution in [2.75, 3.05) is 19.4 Å². The number of pyridine rings is 2. The van der Waals surface area contributed by atoms with Crippen LogP contribution in [0, 0.1) is 5.92 Å². The summed E-state index contributed by atoms with van der Waals surface area (Å²) < 4.78 is 2.73. The van der Waals surface area contributed by atoms with Gasteiger partial charge in [0.2, 0.25) is 5.91 Å². The Morgan fingerprint density at radius 3 is 2.57 bits per heavy atom. The van der Waals surface area contributed by atoms with Crippen LogP contribution < -0.4 is 20.5 Å². The lowest BCUT2D eigenvalue weighted by atomic mass is 9.81. The minimum absolute atomic E-state index is 0.0527. The molecule has 0 saturated heterocycles. The Balaban J connectivity index is 1.48. The van der Waals surface area contributed by atoms with Crippen molar-refractivity contribution in [1.82, 2.24) is 25.5 Å². The Bertz CT molecular complexity index is 1340. The molecule has 1 saturated carbocycles. The van der Waals surface area contributed by atoms with Crippen LogP contribution >= 0.6 is 22.9 Å². The summed E-state index contributed by atoms with van der Waals surface area (Å²) in [7, 11) is 5.25. The van der Waals surface area contributed by atoms with Gasteiger partial charge in [0.15, 0.2) is 17.4 Å². The number of carbonyl (C=O) groups excluding carboxylic acids is 4. The zero-order chi connectivity index (χ0) is 26.7. The second kappa shape index (κ2) is 11.2. The monoisotopic (exact) mass is 544 g/mol. The number of carbonyl (C=O) groups is 4. The molecular formula is C24H27ClN7O4S+. The molecule has 1 fully saturated rings. The van der Waals surface area contributed by atoms with Crippen molar-refractivity contribution < 1.29 is 23.7 Å². The summed E-state index contributed by atoms with van der Waals surface area (Å²) in [5.74, 6) is -2.37. The first-order valence-corrected chi connectivity index (χ1v) is 12.8. The summed E-state index contributed by atoms with van der Waals surface area (Å²) in [6.07, 6.45) is 6.31. The maximum absolute atomic E-state index is 13.1. The van der Waals surface area contributed by atoms with Crippen LogP contribution in [0.5, 0.6) is 0 Å². The van der Waals surface area contributed by atoms with Gasteiger partial charge in [-0.2, -0.15) is 0 Å². The molecule has 0 aromatic carbocycles. The van der Waals surface area contributed by atoms with Gasteiger partial charge in [-0.1, -0.05) is 11.6 Å². The van der Waals surface area contributed by atoms with E-state index in [0.717, 1.165) is 4.70 Å². The predicted molar refractivity (Wildman–Crippen MR) is 138 cm³/mol. The van der Waals surface area contributed by atoms with E-state index in [4.69, 9.17) is 11.6 Å². The standard InChI is InChI=1S/C24H26ClN7O4S/c1-31(2)24(36)13-4-6-15(27-20(33)21(34)30-19-7-5-14(25)11-26-19)17(10-13)28-22(35)23-29-16-8-9-32(3)12-18(16)37-23/h5,7-9,11-13,15,17H,4,6,10H2,1-3H3,(H2-,26,27,28,30,33,34,35)/p+1/t13-,15-,17+/m0/s1. The largest absolute Gasteiger partial charge is 0.349 e. The second-order valence-electron chi connectivity index (χ2n) is 9.10. The highest BCUT2D eigenvalue weighted by atomic mass is 35.5. The minimum atomic E-state index is -0.898. The van der Waals surface area contributed by atoms with Gasteiger partial charge in [0.05, 0.1) is 16.6 Å². The van der Waals surface area contributed by atoms with Crippen LogP contribution in [-0.2, 0) is 21.4 Å². The van der Waals surface area contributed by atoms with Crippen molar-refractivity contribution in [3.8, 4) is 0 Å². The number of nitrogens with zero attached hydrogens (tertiary/aromatic N) is 4. The third-order valence-electron chi connectivity index (χ3n) is 6.11. The first kappa shape index (κ1) is 26.4. The van der Waals surface area contributed by atoms with E-state index in [2.05, 4.69) is 25.9 Å². The van der Waals surface area contributed by atoms with Gasteiger partial charge in [0.1, 0.15) is 17.6 Å². The molecule has 11 nitrogen and oxygen atoms in total. The van der Waals surface area contributed by atoms with E-state index in [1.807, 2.05) is 30.1 Å². The Morgan fingerprint density at radius 1 is 1.08 bits per heavy atom. The summed E-state index contributed by atoms with van der Waals surface area (Å²) in [5, 5.41) is 8.75. The number of rotatable bonds is 5. The van der Waals surface area contributed by atoms with Crippen LogP contribution in [0.2, 0.25) is 5.02 Å². The second-order valence-corrected chi connectivity index (χ2v) is 10.6. The molecule has 3 aromatic heterocycles. The molecule has 0 aliphatic heterocycles. The zero-order valence-electron chi connectivity index (χ0n) is 20.5. The van der Waals surface area contributed by atoms with E-state index < -0.39 is 29.8 Å². The number of fused-ring (bicyclic) bond motifs is 1. The highest BCUT2D eigenvalue weighted by Gasteiger charge is 2.37. The average Bonchev–Trinajstić information content (AvgIpc) is 3.29. The minimum Gasteiger partial charge on any atom is -0.349 e. The van der Waals surface area contributed by atoms with Crippen LogP contribution in [0.15, 0.2) is 36.8 Å². The van der Waals surface area contributed by atoms with E-state index in [9.17, 15) is 19.2 Å². The maximum atomic E-state index is 13.1. The quantitative estimate of drug-likeness (QED) is 0.327. The number of aryl methyl sites for hydroxylation is 1. The van der Waals surface area contributed by atoms with Crippen molar-refractivity contribution in [2.45, 2.75) is 31.3 Å². The zero-order valence-corrected chi connectivity index (χ0v) is 22.1. The highest BCUT2D eigenvalue weighted by molar-refractivity contribution is 7.20. The fourth-order valence-corrected chi connectivity index (χ4v) is 5.30. The maximum Gasteiger partial charge on any atom is 0.314 e. The van der Waals surface area contributed by atoms with Gasteiger partial charge in [0.25, 0.3) is 5.91 Å². The van der Waals surface area contributed by atoms with Crippen LogP contribution in [0.25, 0.3) is 10.2 Å². The molecular weight excluding hydrogens is 518 g/mol. The van der Waals surface area contributed by atoms with Gasteiger partial charge in [-0.3, -0.25) is 19.2 Å². The molecule has 3 atom stereocenters.